The first-order chi connectivity index (χ1) is 4.33. The summed E-state index contributed by atoms with van der Waals surface area (Å²) in [6, 6.07) is 8.91. The molecular formula is C8H6I. The number of rotatable bonds is 1. The molecule has 0 aromatic heterocycles. The summed E-state index contributed by atoms with van der Waals surface area (Å²) < 4.78 is 1.20. The third kappa shape index (κ3) is 1.82. The molecule has 45 valence electrons. The van der Waals surface area contributed by atoms with Gasteiger partial charge in [-0.1, -0.05) is 12.7 Å². The Labute approximate surface area is 68.7 Å². The Kier molecular flexibility index (Phi) is 2.28. The first kappa shape index (κ1) is 6.81. The minimum absolute atomic E-state index is 1.13. The Bertz CT molecular complexity index is 216. The quantitative estimate of drug-likeness (QED) is 0.649. The van der Waals surface area contributed by atoms with E-state index in [1.54, 1.807) is 0 Å². The lowest BCUT2D eigenvalue weighted by atomic mass is 10.2. The van der Waals surface area contributed by atoms with Gasteiger partial charge in [-0.25, -0.2) is 0 Å². The molecule has 1 aromatic carbocycles. The predicted octanol–water partition coefficient (Wildman–Crippen LogP) is 2.73. The van der Waals surface area contributed by atoms with Crippen molar-refractivity contribution in [2.75, 3.05) is 0 Å². The topological polar surface area (TPSA) is 0 Å². The molecule has 0 spiro atoms. The van der Waals surface area contributed by atoms with Crippen LogP contribution in [0.3, 0.4) is 0 Å². The SMILES string of the molecule is C=Cc1c[c]cc(I)c1. The van der Waals surface area contributed by atoms with Crippen molar-refractivity contribution in [3.8, 4) is 0 Å². The van der Waals surface area contributed by atoms with Gasteiger partial charge in [-0.2, -0.15) is 0 Å². The standard InChI is InChI=1S/C8H6I/c1-2-7-4-3-5-8(9)6-7/h2,4-6H,1H2. The van der Waals surface area contributed by atoms with Crippen LogP contribution in [0.15, 0.2) is 24.8 Å². The molecule has 0 aliphatic rings. The smallest absolute Gasteiger partial charge is 0.0142 e. The Balaban J connectivity index is 3.07. The van der Waals surface area contributed by atoms with E-state index in [9.17, 15) is 0 Å². The van der Waals surface area contributed by atoms with Gasteiger partial charge in [0.2, 0.25) is 0 Å². The lowest BCUT2D eigenvalue weighted by Gasteiger charge is -1.90. The van der Waals surface area contributed by atoms with Crippen LogP contribution in [0, 0.1) is 9.64 Å². The van der Waals surface area contributed by atoms with Gasteiger partial charge in [0.15, 0.2) is 0 Å². The van der Waals surface area contributed by atoms with Crippen molar-refractivity contribution in [3.63, 3.8) is 0 Å². The summed E-state index contributed by atoms with van der Waals surface area (Å²) in [5, 5.41) is 0. The van der Waals surface area contributed by atoms with Gasteiger partial charge in [0.1, 0.15) is 0 Å². The fourth-order valence-electron chi connectivity index (χ4n) is 0.578. The van der Waals surface area contributed by atoms with Crippen molar-refractivity contribution < 1.29 is 0 Å². The molecule has 1 rings (SSSR count). The monoisotopic (exact) mass is 229 g/mol. The minimum Gasteiger partial charge on any atom is -0.0985 e. The molecule has 0 aliphatic heterocycles. The van der Waals surface area contributed by atoms with E-state index in [0.29, 0.717) is 0 Å². The minimum atomic E-state index is 1.13. The highest BCUT2D eigenvalue weighted by molar-refractivity contribution is 14.1. The zero-order valence-electron chi connectivity index (χ0n) is 4.89. The van der Waals surface area contributed by atoms with Crippen LogP contribution in [0.25, 0.3) is 6.08 Å². The molecule has 0 bridgehead atoms. The summed E-state index contributed by atoms with van der Waals surface area (Å²) in [5.74, 6) is 0. The van der Waals surface area contributed by atoms with Crippen molar-refractivity contribution in [1.29, 1.82) is 0 Å². The molecule has 9 heavy (non-hydrogen) atoms. The molecule has 0 N–H and O–H groups in total. The molecule has 0 unspecified atom stereocenters. The highest BCUT2D eigenvalue weighted by Gasteiger charge is 1.85. The average Bonchev–Trinajstić information content (AvgIpc) is 1.88. The van der Waals surface area contributed by atoms with Gasteiger partial charge >= 0.3 is 0 Å². The maximum Gasteiger partial charge on any atom is 0.0142 e. The van der Waals surface area contributed by atoms with Crippen molar-refractivity contribution in [1.82, 2.24) is 0 Å². The highest BCUT2D eigenvalue weighted by atomic mass is 127. The molecule has 0 saturated heterocycles. The zero-order chi connectivity index (χ0) is 6.69. The van der Waals surface area contributed by atoms with Gasteiger partial charge in [0.05, 0.1) is 0 Å². The van der Waals surface area contributed by atoms with Crippen LogP contribution < -0.4 is 0 Å². The molecule has 1 heteroatoms. The van der Waals surface area contributed by atoms with E-state index in [0.717, 1.165) is 5.56 Å². The molecule has 0 aliphatic carbocycles. The fourth-order valence-corrected chi connectivity index (χ4v) is 1.12. The van der Waals surface area contributed by atoms with Gasteiger partial charge in [-0.15, -0.1) is 0 Å². The second kappa shape index (κ2) is 3.01. The lowest BCUT2D eigenvalue weighted by molar-refractivity contribution is 1.60. The Morgan fingerprint density at radius 2 is 2.33 bits per heavy atom. The molecule has 1 aromatic rings. The molecular weight excluding hydrogens is 223 g/mol. The van der Waals surface area contributed by atoms with Crippen LogP contribution >= 0.6 is 22.6 Å². The third-order valence-electron chi connectivity index (χ3n) is 1.01. The third-order valence-corrected chi connectivity index (χ3v) is 1.63. The van der Waals surface area contributed by atoms with E-state index in [1.165, 1.54) is 3.57 Å². The summed E-state index contributed by atoms with van der Waals surface area (Å²) in [7, 11) is 0. The van der Waals surface area contributed by atoms with Crippen LogP contribution in [0.4, 0.5) is 0 Å². The number of benzene rings is 1. The summed E-state index contributed by atoms with van der Waals surface area (Å²) in [4.78, 5) is 0. The van der Waals surface area contributed by atoms with Crippen LogP contribution in [0.1, 0.15) is 5.56 Å². The lowest BCUT2D eigenvalue weighted by Crippen LogP contribution is -1.72. The molecule has 0 saturated carbocycles. The molecule has 1 radical (unpaired) electrons. The summed E-state index contributed by atoms with van der Waals surface area (Å²) >= 11 is 2.25. The van der Waals surface area contributed by atoms with E-state index in [2.05, 4.69) is 41.3 Å². The van der Waals surface area contributed by atoms with E-state index in [-0.39, 0.29) is 0 Å². The molecule has 0 nitrogen and oxygen atoms in total. The Hall–Kier alpha value is -0.310. The molecule has 0 amide bonds. The summed E-state index contributed by atoms with van der Waals surface area (Å²) in [6.45, 7) is 3.65. The normalized spacial score (nSPS) is 9.00. The second-order valence-corrected chi connectivity index (χ2v) is 2.93. The largest absolute Gasteiger partial charge is 0.0985 e. The van der Waals surface area contributed by atoms with Crippen LogP contribution in [-0.2, 0) is 0 Å². The van der Waals surface area contributed by atoms with Crippen molar-refractivity contribution in [3.05, 3.63) is 40.0 Å². The van der Waals surface area contributed by atoms with Gasteiger partial charge in [0.25, 0.3) is 0 Å². The zero-order valence-corrected chi connectivity index (χ0v) is 7.05. The first-order valence-corrected chi connectivity index (χ1v) is 3.70. The Morgan fingerprint density at radius 3 is 2.78 bits per heavy atom. The number of hydrogen-bond acceptors (Lipinski definition) is 0. The number of hydrogen-bond donors (Lipinski definition) is 0. The maximum atomic E-state index is 3.65. The van der Waals surface area contributed by atoms with Crippen molar-refractivity contribution >= 4 is 28.7 Å². The summed E-state index contributed by atoms with van der Waals surface area (Å²) in [6.07, 6.45) is 1.82. The van der Waals surface area contributed by atoms with Gasteiger partial charge in [-0.05, 0) is 52.4 Å². The van der Waals surface area contributed by atoms with E-state index < -0.39 is 0 Å². The van der Waals surface area contributed by atoms with Gasteiger partial charge in [-0.3, -0.25) is 0 Å². The van der Waals surface area contributed by atoms with E-state index in [1.807, 2.05) is 18.2 Å². The average molecular weight is 229 g/mol. The van der Waals surface area contributed by atoms with Gasteiger partial charge in [0, 0.05) is 3.57 Å². The maximum absolute atomic E-state index is 3.65. The Morgan fingerprint density at radius 1 is 1.56 bits per heavy atom. The van der Waals surface area contributed by atoms with Crippen LogP contribution in [0.2, 0.25) is 0 Å². The van der Waals surface area contributed by atoms with Crippen molar-refractivity contribution in [2.24, 2.45) is 0 Å². The molecule has 0 atom stereocenters. The fraction of sp³-hybridized carbons (Fsp3) is 0. The van der Waals surface area contributed by atoms with E-state index >= 15 is 0 Å². The second-order valence-electron chi connectivity index (χ2n) is 1.69. The van der Waals surface area contributed by atoms with Crippen LogP contribution in [-0.4, -0.2) is 0 Å². The predicted molar refractivity (Wildman–Crippen MR) is 48.1 cm³/mol. The van der Waals surface area contributed by atoms with Crippen LogP contribution in [0.5, 0.6) is 0 Å². The van der Waals surface area contributed by atoms with Gasteiger partial charge < -0.3 is 0 Å². The highest BCUT2D eigenvalue weighted by Crippen LogP contribution is 2.07. The summed E-state index contributed by atoms with van der Waals surface area (Å²) in [5.41, 5.74) is 1.13. The first-order valence-electron chi connectivity index (χ1n) is 2.62. The van der Waals surface area contributed by atoms with Crippen molar-refractivity contribution in [2.45, 2.75) is 0 Å². The molecule has 0 heterocycles. The van der Waals surface area contributed by atoms with E-state index in [4.69, 9.17) is 0 Å². The molecule has 0 fully saturated rings. The number of halogens is 1.